The molecule has 0 saturated heterocycles. The van der Waals surface area contributed by atoms with Gasteiger partial charge in [0.25, 0.3) is 5.91 Å². The molecule has 31 heavy (non-hydrogen) atoms. The van der Waals surface area contributed by atoms with Crippen LogP contribution < -0.4 is 15.4 Å². The molecular weight excluding hydrogens is 412 g/mol. The highest BCUT2D eigenvalue weighted by Gasteiger charge is 2.14. The number of nitrogens with zero attached hydrogens (tertiary/aromatic N) is 4. The molecule has 2 N–H and O–H groups in total. The fraction of sp³-hybridized carbons (Fsp3) is 0.364. The minimum absolute atomic E-state index is 0.00848. The number of carbonyl (C=O) groups excluding carboxylic acids is 1. The van der Waals surface area contributed by atoms with E-state index in [1.54, 1.807) is 16.4 Å². The predicted molar refractivity (Wildman–Crippen MR) is 121 cm³/mol. The minimum atomic E-state index is -0.262. The lowest BCUT2D eigenvalue weighted by Gasteiger charge is -2.20. The highest BCUT2D eigenvalue weighted by molar-refractivity contribution is 7.99. The molecule has 164 valence electrons. The predicted octanol–water partition coefficient (Wildman–Crippen LogP) is 2.84. The zero-order valence-electron chi connectivity index (χ0n) is 18.0. The van der Waals surface area contributed by atoms with Gasteiger partial charge in [-0.15, -0.1) is 5.10 Å². The average Bonchev–Trinajstić information content (AvgIpc) is 3.21. The summed E-state index contributed by atoms with van der Waals surface area (Å²) in [5, 5.41) is 19.0. The maximum absolute atomic E-state index is 11.8. The second kappa shape index (κ2) is 10.9. The van der Waals surface area contributed by atoms with Crippen molar-refractivity contribution in [2.75, 3.05) is 18.9 Å². The third-order valence-electron chi connectivity index (χ3n) is 4.09. The first-order valence-electron chi connectivity index (χ1n) is 10.1. The van der Waals surface area contributed by atoms with Crippen molar-refractivity contribution in [2.24, 2.45) is 0 Å². The summed E-state index contributed by atoms with van der Waals surface area (Å²) in [7, 11) is 0. The fourth-order valence-electron chi connectivity index (χ4n) is 2.75. The van der Waals surface area contributed by atoms with Crippen molar-refractivity contribution in [3.63, 3.8) is 0 Å². The van der Waals surface area contributed by atoms with Crippen LogP contribution in [0.1, 0.15) is 26.3 Å². The molecule has 0 aliphatic rings. The SMILES string of the molecule is CC(C)(C)NC(=O)COc1ccc(CNCCSc2nnnn2-c2ccccc2)cc1. The first-order chi connectivity index (χ1) is 14.9. The van der Waals surface area contributed by atoms with Crippen molar-refractivity contribution in [1.82, 2.24) is 30.8 Å². The summed E-state index contributed by atoms with van der Waals surface area (Å²) < 4.78 is 7.29. The zero-order valence-corrected chi connectivity index (χ0v) is 18.9. The molecular formula is C22H28N6O2S. The molecule has 0 bridgehead atoms. The maximum atomic E-state index is 11.8. The van der Waals surface area contributed by atoms with Crippen LogP contribution in [0.2, 0.25) is 0 Å². The lowest BCUT2D eigenvalue weighted by Crippen LogP contribution is -2.43. The number of aromatic nitrogens is 4. The Morgan fingerprint density at radius 3 is 2.55 bits per heavy atom. The smallest absolute Gasteiger partial charge is 0.258 e. The summed E-state index contributed by atoms with van der Waals surface area (Å²) in [5.41, 5.74) is 1.83. The largest absolute Gasteiger partial charge is 0.484 e. The van der Waals surface area contributed by atoms with Gasteiger partial charge in [0.1, 0.15) is 5.75 Å². The van der Waals surface area contributed by atoms with E-state index < -0.39 is 0 Å². The summed E-state index contributed by atoms with van der Waals surface area (Å²) in [6.07, 6.45) is 0. The highest BCUT2D eigenvalue weighted by Crippen LogP contribution is 2.17. The van der Waals surface area contributed by atoms with Crippen LogP contribution in [-0.2, 0) is 11.3 Å². The van der Waals surface area contributed by atoms with E-state index in [4.69, 9.17) is 4.74 Å². The van der Waals surface area contributed by atoms with E-state index in [1.807, 2.05) is 75.4 Å². The monoisotopic (exact) mass is 440 g/mol. The number of hydrogen-bond acceptors (Lipinski definition) is 7. The Bertz CT molecular complexity index is 954. The number of hydrogen-bond donors (Lipinski definition) is 2. The zero-order chi connectivity index (χ0) is 22.1. The van der Waals surface area contributed by atoms with E-state index in [-0.39, 0.29) is 18.1 Å². The van der Waals surface area contributed by atoms with Crippen molar-refractivity contribution >= 4 is 17.7 Å². The molecule has 0 spiro atoms. The molecule has 0 saturated carbocycles. The van der Waals surface area contributed by atoms with Gasteiger partial charge in [-0.2, -0.15) is 4.68 Å². The lowest BCUT2D eigenvalue weighted by molar-refractivity contribution is -0.124. The molecule has 0 unspecified atom stereocenters. The number of amides is 1. The van der Waals surface area contributed by atoms with Gasteiger partial charge in [-0.25, -0.2) is 0 Å². The van der Waals surface area contributed by atoms with E-state index in [2.05, 4.69) is 26.2 Å². The van der Waals surface area contributed by atoms with Gasteiger partial charge in [-0.05, 0) is 61.0 Å². The van der Waals surface area contributed by atoms with Crippen LogP contribution in [0.3, 0.4) is 0 Å². The number of benzene rings is 2. The van der Waals surface area contributed by atoms with Crippen LogP contribution in [0.5, 0.6) is 5.75 Å². The number of tetrazole rings is 1. The molecule has 0 fully saturated rings. The number of nitrogens with one attached hydrogen (secondary N) is 2. The molecule has 2 aromatic carbocycles. The van der Waals surface area contributed by atoms with Crippen LogP contribution in [-0.4, -0.2) is 50.6 Å². The third-order valence-corrected chi connectivity index (χ3v) is 5.01. The number of para-hydroxylation sites is 1. The van der Waals surface area contributed by atoms with Crippen LogP contribution in [0.4, 0.5) is 0 Å². The minimum Gasteiger partial charge on any atom is -0.484 e. The fourth-order valence-corrected chi connectivity index (χ4v) is 3.54. The Balaban J connectivity index is 1.36. The van der Waals surface area contributed by atoms with Gasteiger partial charge in [0, 0.05) is 24.4 Å². The summed E-state index contributed by atoms with van der Waals surface area (Å²) in [4.78, 5) is 11.8. The summed E-state index contributed by atoms with van der Waals surface area (Å²) >= 11 is 1.61. The highest BCUT2D eigenvalue weighted by atomic mass is 32.2. The standard InChI is InChI=1S/C22H28N6O2S/c1-22(2,3)24-20(29)16-30-19-11-9-17(10-12-19)15-23-13-14-31-21-25-26-27-28(21)18-7-5-4-6-8-18/h4-12,23H,13-16H2,1-3H3,(H,24,29). The molecule has 1 aromatic heterocycles. The first-order valence-corrected chi connectivity index (χ1v) is 11.1. The Labute approximate surface area is 186 Å². The molecule has 0 aliphatic carbocycles. The van der Waals surface area contributed by atoms with Gasteiger partial charge in [0.05, 0.1) is 5.69 Å². The van der Waals surface area contributed by atoms with E-state index in [9.17, 15) is 4.79 Å². The van der Waals surface area contributed by atoms with E-state index >= 15 is 0 Å². The first kappa shape index (κ1) is 22.8. The van der Waals surface area contributed by atoms with Crippen LogP contribution in [0.25, 0.3) is 5.69 Å². The van der Waals surface area contributed by atoms with Crippen molar-refractivity contribution in [1.29, 1.82) is 0 Å². The Morgan fingerprint density at radius 2 is 1.84 bits per heavy atom. The Kier molecular flexibility index (Phi) is 8.02. The van der Waals surface area contributed by atoms with Gasteiger partial charge in [-0.3, -0.25) is 4.79 Å². The molecule has 3 rings (SSSR count). The van der Waals surface area contributed by atoms with E-state index in [0.717, 1.165) is 35.2 Å². The van der Waals surface area contributed by atoms with Gasteiger partial charge in [0.15, 0.2) is 6.61 Å². The van der Waals surface area contributed by atoms with Crippen LogP contribution in [0.15, 0.2) is 59.8 Å². The third kappa shape index (κ3) is 7.69. The van der Waals surface area contributed by atoms with Crippen molar-refractivity contribution in [2.45, 2.75) is 38.0 Å². The number of thioether (sulfide) groups is 1. The average molecular weight is 441 g/mol. The normalized spacial score (nSPS) is 11.3. The lowest BCUT2D eigenvalue weighted by atomic mass is 10.1. The quantitative estimate of drug-likeness (QED) is 0.370. The van der Waals surface area contributed by atoms with E-state index in [0.29, 0.717) is 5.75 Å². The molecule has 1 amide bonds. The molecule has 0 radical (unpaired) electrons. The summed E-state index contributed by atoms with van der Waals surface area (Å²) in [5.74, 6) is 1.39. The molecule has 1 heterocycles. The molecule has 0 atom stereocenters. The van der Waals surface area contributed by atoms with Gasteiger partial charge < -0.3 is 15.4 Å². The molecule has 3 aromatic rings. The second-order valence-electron chi connectivity index (χ2n) is 7.96. The maximum Gasteiger partial charge on any atom is 0.258 e. The summed E-state index contributed by atoms with van der Waals surface area (Å²) in [6, 6.07) is 17.6. The van der Waals surface area contributed by atoms with Gasteiger partial charge in [-0.1, -0.05) is 42.1 Å². The molecule has 0 aliphatic heterocycles. The van der Waals surface area contributed by atoms with Crippen LogP contribution >= 0.6 is 11.8 Å². The number of rotatable bonds is 10. The van der Waals surface area contributed by atoms with E-state index in [1.165, 1.54) is 0 Å². The van der Waals surface area contributed by atoms with Gasteiger partial charge >= 0.3 is 0 Å². The Morgan fingerprint density at radius 1 is 1.10 bits per heavy atom. The molecule has 9 heteroatoms. The van der Waals surface area contributed by atoms with Crippen molar-refractivity contribution in [3.05, 3.63) is 60.2 Å². The van der Waals surface area contributed by atoms with Crippen molar-refractivity contribution in [3.8, 4) is 11.4 Å². The molecule has 8 nitrogen and oxygen atoms in total. The number of ether oxygens (including phenoxy) is 1. The van der Waals surface area contributed by atoms with Gasteiger partial charge in [0.2, 0.25) is 5.16 Å². The summed E-state index contributed by atoms with van der Waals surface area (Å²) in [6.45, 7) is 7.39. The second-order valence-corrected chi connectivity index (χ2v) is 9.03. The number of carbonyl (C=O) groups is 1. The Hall–Kier alpha value is -2.91. The van der Waals surface area contributed by atoms with Crippen LogP contribution in [0, 0.1) is 0 Å². The topological polar surface area (TPSA) is 94.0 Å². The van der Waals surface area contributed by atoms with Crippen molar-refractivity contribution < 1.29 is 9.53 Å².